The van der Waals surface area contributed by atoms with Crippen LogP contribution in [0, 0.1) is 6.92 Å². The number of alkyl halides is 3. The van der Waals surface area contributed by atoms with E-state index >= 15 is 0 Å². The van der Waals surface area contributed by atoms with Gasteiger partial charge in [0.1, 0.15) is 5.65 Å². The maximum Gasteiger partial charge on any atom is 0.416 e. The first-order chi connectivity index (χ1) is 18.8. The van der Waals surface area contributed by atoms with Crippen LogP contribution < -0.4 is 14.4 Å². The Morgan fingerprint density at radius 1 is 0.974 bits per heavy atom. The molecule has 0 bridgehead atoms. The van der Waals surface area contributed by atoms with Crippen molar-refractivity contribution in [3.8, 4) is 11.5 Å². The van der Waals surface area contributed by atoms with Crippen LogP contribution in [0.2, 0.25) is 0 Å². The van der Waals surface area contributed by atoms with E-state index in [1.165, 1.54) is 12.1 Å². The number of carbonyl (C=O) groups is 1. The van der Waals surface area contributed by atoms with Gasteiger partial charge in [-0.2, -0.15) is 13.2 Å². The quantitative estimate of drug-likeness (QED) is 0.348. The SMILES string of the molecule is Cc1cccc2ncc(C(CC(=O)N3CCN(c4cccc(C(F)(F)F)c4)CC3)c3ccc4c(c3)OCO4)n12. The minimum absolute atomic E-state index is 0.0232. The average molecular weight is 537 g/mol. The Hall–Kier alpha value is -4.21. The van der Waals surface area contributed by atoms with Gasteiger partial charge in [0.05, 0.1) is 11.3 Å². The monoisotopic (exact) mass is 536 g/mol. The number of piperazine rings is 1. The third kappa shape index (κ3) is 4.86. The number of ether oxygens (including phenoxy) is 2. The molecule has 1 saturated heterocycles. The molecule has 7 nitrogen and oxygen atoms in total. The van der Waals surface area contributed by atoms with Crippen molar-refractivity contribution in [1.82, 2.24) is 14.3 Å². The first kappa shape index (κ1) is 25.1. The van der Waals surface area contributed by atoms with Crippen LogP contribution in [0.1, 0.15) is 34.9 Å². The van der Waals surface area contributed by atoms with E-state index in [1.54, 1.807) is 11.0 Å². The van der Waals surface area contributed by atoms with Gasteiger partial charge in [0.15, 0.2) is 11.5 Å². The molecular weight excluding hydrogens is 509 g/mol. The molecule has 2 aliphatic heterocycles. The third-order valence-electron chi connectivity index (χ3n) is 7.46. The average Bonchev–Trinajstić information content (AvgIpc) is 3.59. The van der Waals surface area contributed by atoms with Gasteiger partial charge in [-0.1, -0.05) is 18.2 Å². The maximum absolute atomic E-state index is 13.6. The van der Waals surface area contributed by atoms with Gasteiger partial charge in [-0.25, -0.2) is 4.98 Å². The highest BCUT2D eigenvalue weighted by molar-refractivity contribution is 5.78. The molecule has 10 heteroatoms. The van der Waals surface area contributed by atoms with Gasteiger partial charge in [-0.05, 0) is 55.0 Å². The molecule has 2 aliphatic rings. The summed E-state index contributed by atoms with van der Waals surface area (Å²) in [4.78, 5) is 21.9. The van der Waals surface area contributed by atoms with Crippen LogP contribution in [0.5, 0.6) is 11.5 Å². The number of hydrogen-bond donors (Lipinski definition) is 0. The van der Waals surface area contributed by atoms with Crippen molar-refractivity contribution in [2.45, 2.75) is 25.4 Å². The molecule has 39 heavy (non-hydrogen) atoms. The first-order valence-electron chi connectivity index (χ1n) is 12.8. The maximum atomic E-state index is 13.6. The van der Waals surface area contributed by atoms with Crippen molar-refractivity contribution in [3.63, 3.8) is 0 Å². The molecule has 2 aromatic heterocycles. The molecule has 6 rings (SSSR count). The molecule has 1 unspecified atom stereocenters. The van der Waals surface area contributed by atoms with Crippen molar-refractivity contribution >= 4 is 17.2 Å². The number of benzene rings is 2. The number of hydrogen-bond acceptors (Lipinski definition) is 5. The second-order valence-electron chi connectivity index (χ2n) is 9.83. The van der Waals surface area contributed by atoms with Crippen LogP contribution in [0.15, 0.2) is 66.9 Å². The number of halogens is 3. The summed E-state index contributed by atoms with van der Waals surface area (Å²) in [5.74, 6) is 1.00. The zero-order valence-electron chi connectivity index (χ0n) is 21.3. The van der Waals surface area contributed by atoms with Gasteiger partial charge >= 0.3 is 6.18 Å². The lowest BCUT2D eigenvalue weighted by molar-refractivity contribution is -0.137. The van der Waals surface area contributed by atoms with Crippen LogP contribution in [0.25, 0.3) is 5.65 Å². The summed E-state index contributed by atoms with van der Waals surface area (Å²) >= 11 is 0. The molecule has 1 atom stereocenters. The van der Waals surface area contributed by atoms with E-state index in [-0.39, 0.29) is 25.0 Å². The highest BCUT2D eigenvalue weighted by Gasteiger charge is 2.32. The highest BCUT2D eigenvalue weighted by Crippen LogP contribution is 2.38. The fourth-order valence-corrected chi connectivity index (χ4v) is 5.40. The Labute approximate surface area is 223 Å². The summed E-state index contributed by atoms with van der Waals surface area (Å²) in [7, 11) is 0. The summed E-state index contributed by atoms with van der Waals surface area (Å²) < 4.78 is 52.7. The first-order valence-corrected chi connectivity index (χ1v) is 12.8. The van der Waals surface area contributed by atoms with Crippen molar-refractivity contribution in [3.05, 3.63) is 89.4 Å². The number of pyridine rings is 1. The van der Waals surface area contributed by atoms with Gasteiger partial charge in [0.25, 0.3) is 0 Å². The standard InChI is InChI=1S/C29H27F3N4O3/c1-19-4-2-7-27-33-17-24(36(19)27)23(20-8-9-25-26(14-20)39-18-38-25)16-28(37)35-12-10-34(11-13-35)22-6-3-5-21(15-22)29(30,31)32/h2-9,14-15,17,23H,10-13,16,18H2,1H3. The molecule has 0 saturated carbocycles. The van der Waals surface area contributed by atoms with Crippen molar-refractivity contribution in [2.75, 3.05) is 37.9 Å². The molecule has 0 aliphatic carbocycles. The van der Waals surface area contributed by atoms with Gasteiger partial charge < -0.3 is 23.7 Å². The van der Waals surface area contributed by atoms with Crippen LogP contribution in [0.4, 0.5) is 18.9 Å². The normalized spacial score (nSPS) is 16.1. The topological polar surface area (TPSA) is 59.3 Å². The second kappa shape index (κ2) is 9.83. The fraction of sp³-hybridized carbons (Fsp3) is 0.310. The lowest BCUT2D eigenvalue weighted by Crippen LogP contribution is -2.49. The van der Waals surface area contributed by atoms with Crippen LogP contribution >= 0.6 is 0 Å². The molecule has 1 fully saturated rings. The molecule has 4 heterocycles. The predicted octanol–water partition coefficient (Wildman–Crippen LogP) is 5.26. The fourth-order valence-electron chi connectivity index (χ4n) is 5.40. The van der Waals surface area contributed by atoms with E-state index < -0.39 is 11.7 Å². The molecule has 0 N–H and O–H groups in total. The van der Waals surface area contributed by atoms with Crippen molar-refractivity contribution in [1.29, 1.82) is 0 Å². The number of amides is 1. The number of carbonyl (C=O) groups excluding carboxylic acids is 1. The molecule has 4 aromatic rings. The summed E-state index contributed by atoms with van der Waals surface area (Å²) in [5.41, 5.74) is 3.47. The zero-order valence-corrected chi connectivity index (χ0v) is 21.3. The molecule has 1 amide bonds. The molecule has 2 aromatic carbocycles. The van der Waals surface area contributed by atoms with Crippen molar-refractivity contribution in [2.24, 2.45) is 0 Å². The Morgan fingerprint density at radius 3 is 2.54 bits per heavy atom. The van der Waals surface area contributed by atoms with Gasteiger partial charge in [-0.15, -0.1) is 0 Å². The molecule has 202 valence electrons. The number of aromatic nitrogens is 2. The number of fused-ring (bicyclic) bond motifs is 2. The summed E-state index contributed by atoms with van der Waals surface area (Å²) in [6.45, 7) is 3.92. The molecule has 0 radical (unpaired) electrons. The van der Waals surface area contributed by atoms with E-state index in [2.05, 4.69) is 9.38 Å². The van der Waals surface area contributed by atoms with E-state index in [0.29, 0.717) is 43.4 Å². The number of nitrogens with zero attached hydrogens (tertiary/aromatic N) is 4. The summed E-state index contributed by atoms with van der Waals surface area (Å²) in [6, 6.07) is 17.0. The number of aryl methyl sites for hydroxylation is 1. The van der Waals surface area contributed by atoms with E-state index in [1.807, 2.05) is 54.4 Å². The van der Waals surface area contributed by atoms with Crippen LogP contribution in [-0.2, 0) is 11.0 Å². The number of imidazole rings is 1. The van der Waals surface area contributed by atoms with Crippen LogP contribution in [0.3, 0.4) is 0 Å². The largest absolute Gasteiger partial charge is 0.454 e. The predicted molar refractivity (Wildman–Crippen MR) is 139 cm³/mol. The number of rotatable bonds is 5. The van der Waals surface area contributed by atoms with E-state index in [0.717, 1.165) is 28.7 Å². The molecule has 0 spiro atoms. The lowest BCUT2D eigenvalue weighted by atomic mass is 9.91. The lowest BCUT2D eigenvalue weighted by Gasteiger charge is -2.37. The Bertz CT molecular complexity index is 1530. The van der Waals surface area contributed by atoms with Crippen molar-refractivity contribution < 1.29 is 27.4 Å². The minimum Gasteiger partial charge on any atom is -0.454 e. The smallest absolute Gasteiger partial charge is 0.416 e. The zero-order chi connectivity index (χ0) is 27.1. The van der Waals surface area contributed by atoms with Gasteiger partial charge in [0, 0.05) is 56.1 Å². The van der Waals surface area contributed by atoms with E-state index in [9.17, 15) is 18.0 Å². The Kier molecular flexibility index (Phi) is 6.32. The number of anilines is 1. The highest BCUT2D eigenvalue weighted by atomic mass is 19.4. The minimum atomic E-state index is -4.40. The Morgan fingerprint density at radius 2 is 1.74 bits per heavy atom. The summed E-state index contributed by atoms with van der Waals surface area (Å²) in [6.07, 6.45) is -2.37. The van der Waals surface area contributed by atoms with Gasteiger partial charge in [-0.3, -0.25) is 4.79 Å². The summed E-state index contributed by atoms with van der Waals surface area (Å²) in [5, 5.41) is 0. The third-order valence-corrected chi connectivity index (χ3v) is 7.46. The van der Waals surface area contributed by atoms with E-state index in [4.69, 9.17) is 9.47 Å². The molecular formula is C29H27F3N4O3. The van der Waals surface area contributed by atoms with Crippen LogP contribution in [-0.4, -0.2) is 53.2 Å². The second-order valence-corrected chi connectivity index (χ2v) is 9.83. The Balaban J connectivity index is 1.23. The van der Waals surface area contributed by atoms with Gasteiger partial charge in [0.2, 0.25) is 12.7 Å².